The Morgan fingerprint density at radius 1 is 1.17 bits per heavy atom. The molecule has 8 heteroatoms. The molecule has 0 spiro atoms. The van der Waals surface area contributed by atoms with Crippen molar-refractivity contribution < 1.29 is 17.6 Å². The molecule has 2 aliphatic heterocycles. The summed E-state index contributed by atoms with van der Waals surface area (Å²) in [5.41, 5.74) is 0.660. The quantitative estimate of drug-likeness (QED) is 0.690. The second kappa shape index (κ2) is 8.40. The molecule has 0 saturated carbocycles. The van der Waals surface area contributed by atoms with Gasteiger partial charge in [-0.3, -0.25) is 9.69 Å². The van der Waals surface area contributed by atoms with E-state index in [4.69, 9.17) is 0 Å². The van der Waals surface area contributed by atoms with Gasteiger partial charge in [-0.15, -0.1) is 11.3 Å². The van der Waals surface area contributed by atoms with Crippen LogP contribution in [-0.4, -0.2) is 62.1 Å². The van der Waals surface area contributed by atoms with Crippen LogP contribution in [0.25, 0.3) is 10.4 Å². The normalized spacial score (nSPS) is 22.7. The maximum atomic E-state index is 14.9. The third-order valence-electron chi connectivity index (χ3n) is 6.20. The summed E-state index contributed by atoms with van der Waals surface area (Å²) >= 11 is 1.10. The average Bonchev–Trinajstić information content (AvgIpc) is 3.42. The van der Waals surface area contributed by atoms with Crippen molar-refractivity contribution in [1.29, 1.82) is 0 Å². The molecule has 5 nitrogen and oxygen atoms in total. The SMILES string of the molecule is CC1CCCN1CC1CCCN1C(=O)c1ccc(-c2ccc(S(C)(=O)=O)s2)cc1F. The summed E-state index contributed by atoms with van der Waals surface area (Å²) in [6.07, 6.45) is 5.45. The van der Waals surface area contributed by atoms with Crippen molar-refractivity contribution in [2.24, 2.45) is 0 Å². The fourth-order valence-electron chi connectivity index (χ4n) is 4.50. The van der Waals surface area contributed by atoms with Crippen LogP contribution in [0.2, 0.25) is 0 Å². The number of sulfone groups is 1. The minimum atomic E-state index is -3.29. The monoisotopic (exact) mass is 450 g/mol. The van der Waals surface area contributed by atoms with Crippen LogP contribution in [0.4, 0.5) is 4.39 Å². The van der Waals surface area contributed by atoms with E-state index in [0.29, 0.717) is 23.0 Å². The number of hydrogen-bond acceptors (Lipinski definition) is 5. The standard InChI is InChI=1S/C22H27FN2O3S2/c1-15-5-3-11-24(15)14-17-6-4-12-25(17)22(26)18-8-7-16(13-19(18)23)20-9-10-21(29-20)30(2,27)28/h7-10,13,15,17H,3-6,11-12,14H2,1-2H3. The van der Waals surface area contributed by atoms with Gasteiger partial charge in [0.1, 0.15) is 10.0 Å². The molecule has 1 aromatic heterocycles. The van der Waals surface area contributed by atoms with Gasteiger partial charge >= 0.3 is 0 Å². The van der Waals surface area contributed by atoms with Crippen LogP contribution in [0.15, 0.2) is 34.5 Å². The Morgan fingerprint density at radius 2 is 1.93 bits per heavy atom. The van der Waals surface area contributed by atoms with Crippen molar-refractivity contribution in [1.82, 2.24) is 9.80 Å². The highest BCUT2D eigenvalue weighted by molar-refractivity contribution is 7.92. The minimum Gasteiger partial charge on any atom is -0.334 e. The highest BCUT2D eigenvalue weighted by Crippen LogP contribution is 2.32. The second-order valence-corrected chi connectivity index (χ2v) is 11.7. The van der Waals surface area contributed by atoms with Gasteiger partial charge in [0.05, 0.1) is 5.56 Å². The molecule has 2 saturated heterocycles. The number of amides is 1. The van der Waals surface area contributed by atoms with Gasteiger partial charge in [-0.05, 0) is 69.0 Å². The summed E-state index contributed by atoms with van der Waals surface area (Å²) < 4.78 is 38.5. The first-order chi connectivity index (χ1) is 14.2. The average molecular weight is 451 g/mol. The summed E-state index contributed by atoms with van der Waals surface area (Å²) in [4.78, 5) is 18.0. The molecule has 0 radical (unpaired) electrons. The van der Waals surface area contributed by atoms with Crippen molar-refractivity contribution in [2.45, 2.75) is 48.9 Å². The molecule has 2 unspecified atom stereocenters. The highest BCUT2D eigenvalue weighted by Gasteiger charge is 2.33. The predicted octanol–water partition coefficient (Wildman–Crippen LogP) is 4.05. The van der Waals surface area contributed by atoms with E-state index >= 15 is 0 Å². The Kier molecular flexibility index (Phi) is 6.01. The Labute approximate surface area is 181 Å². The first kappa shape index (κ1) is 21.5. The first-order valence-electron chi connectivity index (χ1n) is 10.4. The molecule has 0 N–H and O–H groups in total. The molecule has 162 valence electrons. The zero-order valence-electron chi connectivity index (χ0n) is 17.3. The van der Waals surface area contributed by atoms with E-state index in [1.807, 2.05) is 4.90 Å². The third kappa shape index (κ3) is 4.31. The van der Waals surface area contributed by atoms with E-state index < -0.39 is 15.7 Å². The topological polar surface area (TPSA) is 57.7 Å². The molecule has 2 aromatic rings. The van der Waals surface area contributed by atoms with Gasteiger partial charge in [0.15, 0.2) is 9.84 Å². The Balaban J connectivity index is 1.52. The van der Waals surface area contributed by atoms with Gasteiger partial charge < -0.3 is 4.90 Å². The zero-order chi connectivity index (χ0) is 21.5. The minimum absolute atomic E-state index is 0.0833. The number of thiophene rings is 1. The number of nitrogens with zero attached hydrogens (tertiary/aromatic N) is 2. The highest BCUT2D eigenvalue weighted by atomic mass is 32.2. The molecule has 0 bridgehead atoms. The fraction of sp³-hybridized carbons (Fsp3) is 0.500. The molecule has 30 heavy (non-hydrogen) atoms. The molecule has 0 aliphatic carbocycles. The number of benzene rings is 1. The summed E-state index contributed by atoms with van der Waals surface area (Å²) in [6, 6.07) is 8.43. The Morgan fingerprint density at radius 3 is 2.57 bits per heavy atom. The lowest BCUT2D eigenvalue weighted by atomic mass is 10.1. The van der Waals surface area contributed by atoms with E-state index in [0.717, 1.165) is 43.5 Å². The lowest BCUT2D eigenvalue weighted by Gasteiger charge is -2.31. The molecule has 1 aromatic carbocycles. The van der Waals surface area contributed by atoms with E-state index in [2.05, 4.69) is 11.8 Å². The molecule has 4 rings (SSSR count). The number of likely N-dealkylation sites (tertiary alicyclic amines) is 2. The number of rotatable bonds is 5. The van der Waals surface area contributed by atoms with Crippen LogP contribution in [0.1, 0.15) is 43.0 Å². The van der Waals surface area contributed by atoms with E-state index in [1.54, 1.807) is 12.1 Å². The molecule has 2 fully saturated rings. The van der Waals surface area contributed by atoms with Crippen LogP contribution in [-0.2, 0) is 9.84 Å². The smallest absolute Gasteiger partial charge is 0.257 e. The summed E-state index contributed by atoms with van der Waals surface area (Å²) in [5.74, 6) is -0.816. The van der Waals surface area contributed by atoms with Gasteiger partial charge in [-0.2, -0.15) is 0 Å². The molecule has 2 aliphatic rings. The van der Waals surface area contributed by atoms with Gasteiger partial charge in [-0.25, -0.2) is 12.8 Å². The van der Waals surface area contributed by atoms with Gasteiger partial charge in [0, 0.05) is 36.3 Å². The van der Waals surface area contributed by atoms with E-state index in [1.165, 1.54) is 31.0 Å². The number of hydrogen-bond donors (Lipinski definition) is 0. The molecule has 3 heterocycles. The molecular formula is C22H27FN2O3S2. The maximum Gasteiger partial charge on any atom is 0.257 e. The largest absolute Gasteiger partial charge is 0.334 e. The van der Waals surface area contributed by atoms with Gasteiger partial charge in [-0.1, -0.05) is 6.07 Å². The van der Waals surface area contributed by atoms with Crippen molar-refractivity contribution in [3.8, 4) is 10.4 Å². The summed E-state index contributed by atoms with van der Waals surface area (Å²) in [6.45, 7) is 4.82. The fourth-order valence-corrected chi connectivity index (χ4v) is 6.42. The van der Waals surface area contributed by atoms with Crippen molar-refractivity contribution in [2.75, 3.05) is 25.9 Å². The number of carbonyl (C=O) groups is 1. The van der Waals surface area contributed by atoms with Crippen LogP contribution in [0.5, 0.6) is 0 Å². The number of carbonyl (C=O) groups excluding carboxylic acids is 1. The second-order valence-electron chi connectivity index (χ2n) is 8.37. The van der Waals surface area contributed by atoms with Crippen LogP contribution < -0.4 is 0 Å². The summed E-state index contributed by atoms with van der Waals surface area (Å²) in [5, 5.41) is 0. The van der Waals surface area contributed by atoms with Crippen molar-refractivity contribution in [3.05, 3.63) is 41.7 Å². The zero-order valence-corrected chi connectivity index (χ0v) is 18.9. The van der Waals surface area contributed by atoms with E-state index in [9.17, 15) is 17.6 Å². The van der Waals surface area contributed by atoms with Crippen LogP contribution >= 0.6 is 11.3 Å². The first-order valence-corrected chi connectivity index (χ1v) is 13.1. The van der Waals surface area contributed by atoms with Crippen LogP contribution in [0, 0.1) is 5.82 Å². The van der Waals surface area contributed by atoms with Crippen LogP contribution in [0.3, 0.4) is 0 Å². The third-order valence-corrected chi connectivity index (χ3v) is 9.16. The Hall–Kier alpha value is -1.77. The lowest BCUT2D eigenvalue weighted by molar-refractivity contribution is 0.0692. The van der Waals surface area contributed by atoms with Gasteiger partial charge in [0.25, 0.3) is 5.91 Å². The predicted molar refractivity (Wildman–Crippen MR) is 117 cm³/mol. The van der Waals surface area contributed by atoms with Crippen molar-refractivity contribution in [3.63, 3.8) is 0 Å². The lowest BCUT2D eigenvalue weighted by Crippen LogP contribution is -2.44. The van der Waals surface area contributed by atoms with E-state index in [-0.39, 0.29) is 21.7 Å². The van der Waals surface area contributed by atoms with Crippen molar-refractivity contribution >= 4 is 27.1 Å². The maximum absolute atomic E-state index is 14.9. The number of halogens is 1. The summed E-state index contributed by atoms with van der Waals surface area (Å²) in [7, 11) is -3.29. The Bertz CT molecular complexity index is 1050. The van der Waals surface area contributed by atoms with Gasteiger partial charge in [0.2, 0.25) is 0 Å². The molecule has 2 atom stereocenters. The molecular weight excluding hydrogens is 423 g/mol. The molecule has 1 amide bonds.